The third-order valence-corrected chi connectivity index (χ3v) is 2.80. The van der Waals surface area contributed by atoms with Crippen LogP contribution in [0.5, 0.6) is 0 Å². The summed E-state index contributed by atoms with van der Waals surface area (Å²) in [4.78, 5) is 11.7. The van der Waals surface area contributed by atoms with E-state index in [2.05, 4.69) is 5.32 Å². The SMILES string of the molecule is O=C(NC1CC1)c1c(F)cc(B(O)O)cc1Cl. The lowest BCUT2D eigenvalue weighted by Gasteiger charge is -2.09. The van der Waals surface area contributed by atoms with E-state index in [0.29, 0.717) is 0 Å². The minimum absolute atomic E-state index is 0.0875. The molecule has 1 fully saturated rings. The molecule has 0 saturated heterocycles. The van der Waals surface area contributed by atoms with E-state index < -0.39 is 18.8 Å². The van der Waals surface area contributed by atoms with E-state index in [1.165, 1.54) is 0 Å². The molecule has 3 N–H and O–H groups in total. The van der Waals surface area contributed by atoms with Crippen molar-refractivity contribution < 1.29 is 19.2 Å². The molecule has 7 heteroatoms. The Hall–Kier alpha value is -1.11. The quantitative estimate of drug-likeness (QED) is 0.670. The Morgan fingerprint density at radius 1 is 1.47 bits per heavy atom. The minimum Gasteiger partial charge on any atom is -0.423 e. The van der Waals surface area contributed by atoms with Gasteiger partial charge in [0.15, 0.2) is 0 Å². The van der Waals surface area contributed by atoms with Crippen LogP contribution in [-0.2, 0) is 0 Å². The van der Waals surface area contributed by atoms with Gasteiger partial charge in [0.1, 0.15) is 5.82 Å². The van der Waals surface area contributed by atoms with Gasteiger partial charge in [-0.25, -0.2) is 4.39 Å². The largest absolute Gasteiger partial charge is 0.488 e. The first-order valence-corrected chi connectivity index (χ1v) is 5.52. The van der Waals surface area contributed by atoms with Crippen LogP contribution in [0, 0.1) is 5.82 Å². The Balaban J connectivity index is 2.30. The van der Waals surface area contributed by atoms with Gasteiger partial charge in [0.25, 0.3) is 5.91 Å². The first-order valence-electron chi connectivity index (χ1n) is 5.15. The summed E-state index contributed by atoms with van der Waals surface area (Å²) in [7, 11) is -1.82. The molecule has 0 radical (unpaired) electrons. The number of rotatable bonds is 3. The Bertz CT molecular complexity index is 442. The molecule has 0 aromatic heterocycles. The molecule has 0 aliphatic heterocycles. The predicted octanol–water partition coefficient (Wildman–Crippen LogP) is 0.0511. The molecule has 1 aromatic rings. The predicted molar refractivity (Wildman–Crippen MR) is 61.7 cm³/mol. The van der Waals surface area contributed by atoms with E-state index in [1.807, 2.05) is 0 Å². The van der Waals surface area contributed by atoms with Crippen LogP contribution in [0.15, 0.2) is 12.1 Å². The number of halogens is 2. The molecule has 0 unspecified atom stereocenters. The number of carbonyl (C=O) groups excluding carboxylic acids is 1. The summed E-state index contributed by atoms with van der Waals surface area (Å²) in [6.45, 7) is 0. The molecule has 17 heavy (non-hydrogen) atoms. The molecule has 1 saturated carbocycles. The van der Waals surface area contributed by atoms with Gasteiger partial charge in [0, 0.05) is 6.04 Å². The van der Waals surface area contributed by atoms with Gasteiger partial charge in [-0.05, 0) is 30.4 Å². The van der Waals surface area contributed by atoms with Crippen molar-refractivity contribution in [3.8, 4) is 0 Å². The Kier molecular flexibility index (Phi) is 3.37. The van der Waals surface area contributed by atoms with Crippen LogP contribution in [0.4, 0.5) is 4.39 Å². The van der Waals surface area contributed by atoms with E-state index in [1.54, 1.807) is 0 Å². The summed E-state index contributed by atoms with van der Waals surface area (Å²) >= 11 is 5.75. The fraction of sp³-hybridized carbons (Fsp3) is 0.300. The number of carbonyl (C=O) groups is 1. The Morgan fingerprint density at radius 3 is 2.59 bits per heavy atom. The molecule has 4 nitrogen and oxygen atoms in total. The van der Waals surface area contributed by atoms with E-state index in [0.717, 1.165) is 25.0 Å². The molecule has 90 valence electrons. The van der Waals surface area contributed by atoms with Gasteiger partial charge >= 0.3 is 7.12 Å². The normalized spacial score (nSPS) is 14.6. The summed E-state index contributed by atoms with van der Waals surface area (Å²) in [5, 5.41) is 20.3. The van der Waals surface area contributed by atoms with Crippen molar-refractivity contribution in [1.29, 1.82) is 0 Å². The van der Waals surface area contributed by atoms with Crippen molar-refractivity contribution in [2.45, 2.75) is 18.9 Å². The van der Waals surface area contributed by atoms with Crippen LogP contribution in [-0.4, -0.2) is 29.1 Å². The van der Waals surface area contributed by atoms with Crippen LogP contribution < -0.4 is 10.8 Å². The maximum atomic E-state index is 13.6. The van der Waals surface area contributed by atoms with Crippen molar-refractivity contribution in [2.75, 3.05) is 0 Å². The highest BCUT2D eigenvalue weighted by atomic mass is 35.5. The summed E-state index contributed by atoms with van der Waals surface area (Å²) in [5.41, 5.74) is -0.349. The topological polar surface area (TPSA) is 69.6 Å². The van der Waals surface area contributed by atoms with Crippen molar-refractivity contribution in [3.63, 3.8) is 0 Å². The van der Waals surface area contributed by atoms with E-state index in [9.17, 15) is 9.18 Å². The summed E-state index contributed by atoms with van der Waals surface area (Å²) in [6.07, 6.45) is 1.77. The zero-order valence-electron chi connectivity index (χ0n) is 8.78. The lowest BCUT2D eigenvalue weighted by atomic mass is 9.80. The van der Waals surface area contributed by atoms with E-state index in [-0.39, 0.29) is 22.1 Å². The van der Waals surface area contributed by atoms with Crippen LogP contribution in [0.1, 0.15) is 23.2 Å². The lowest BCUT2D eigenvalue weighted by Crippen LogP contribution is -2.32. The molecule has 2 rings (SSSR count). The van der Waals surface area contributed by atoms with Crippen LogP contribution in [0.3, 0.4) is 0 Å². The average molecular weight is 257 g/mol. The van der Waals surface area contributed by atoms with E-state index >= 15 is 0 Å². The molecule has 0 bridgehead atoms. The highest BCUT2D eigenvalue weighted by Crippen LogP contribution is 2.22. The fourth-order valence-corrected chi connectivity index (χ4v) is 1.75. The zero-order chi connectivity index (χ0) is 12.6. The molecular formula is C10H10BClFNO3. The smallest absolute Gasteiger partial charge is 0.423 e. The first-order chi connectivity index (χ1) is 7.99. The number of benzene rings is 1. The van der Waals surface area contributed by atoms with Gasteiger partial charge in [-0.1, -0.05) is 11.6 Å². The highest BCUT2D eigenvalue weighted by Gasteiger charge is 2.27. The number of nitrogens with one attached hydrogen (secondary N) is 1. The number of amides is 1. The maximum absolute atomic E-state index is 13.6. The van der Waals surface area contributed by atoms with Crippen molar-refractivity contribution >= 4 is 30.1 Å². The molecule has 0 heterocycles. The summed E-state index contributed by atoms with van der Waals surface area (Å²) in [5.74, 6) is -1.44. The fourth-order valence-electron chi connectivity index (χ4n) is 1.44. The van der Waals surface area contributed by atoms with Crippen LogP contribution in [0.25, 0.3) is 0 Å². The van der Waals surface area contributed by atoms with Crippen molar-refractivity contribution in [2.24, 2.45) is 0 Å². The monoisotopic (exact) mass is 257 g/mol. The van der Waals surface area contributed by atoms with Crippen molar-refractivity contribution in [1.82, 2.24) is 5.32 Å². The second-order valence-corrected chi connectivity index (χ2v) is 4.39. The highest BCUT2D eigenvalue weighted by molar-refractivity contribution is 6.59. The molecule has 0 atom stereocenters. The number of hydrogen-bond donors (Lipinski definition) is 3. The molecule has 0 spiro atoms. The molecule has 1 aromatic carbocycles. The minimum atomic E-state index is -1.82. The van der Waals surface area contributed by atoms with Gasteiger partial charge in [-0.15, -0.1) is 0 Å². The molecular weight excluding hydrogens is 247 g/mol. The lowest BCUT2D eigenvalue weighted by molar-refractivity contribution is 0.0947. The zero-order valence-corrected chi connectivity index (χ0v) is 9.54. The van der Waals surface area contributed by atoms with Crippen LogP contribution in [0.2, 0.25) is 5.02 Å². The van der Waals surface area contributed by atoms with E-state index in [4.69, 9.17) is 21.6 Å². The second kappa shape index (κ2) is 4.64. The summed E-state index contributed by atoms with van der Waals surface area (Å²) in [6, 6.07) is 2.15. The maximum Gasteiger partial charge on any atom is 0.488 e. The third-order valence-electron chi connectivity index (χ3n) is 2.50. The second-order valence-electron chi connectivity index (χ2n) is 3.98. The van der Waals surface area contributed by atoms with Gasteiger partial charge in [0.05, 0.1) is 10.6 Å². The molecule has 1 amide bonds. The van der Waals surface area contributed by atoms with Crippen LogP contribution >= 0.6 is 11.6 Å². The molecule has 1 aliphatic rings. The summed E-state index contributed by atoms with van der Waals surface area (Å²) < 4.78 is 13.6. The van der Waals surface area contributed by atoms with Gasteiger partial charge in [0.2, 0.25) is 0 Å². The molecule has 1 aliphatic carbocycles. The Labute approximate surface area is 103 Å². The third kappa shape index (κ3) is 2.77. The average Bonchev–Trinajstić information content (AvgIpc) is 3.00. The Morgan fingerprint density at radius 2 is 2.12 bits per heavy atom. The standard InChI is InChI=1S/C10H10BClFNO3/c12-7-3-5(11(16)17)4-8(13)9(7)10(15)14-6-1-2-6/h3-4,6,16-17H,1-2H2,(H,14,15). The van der Waals surface area contributed by atoms with Gasteiger partial charge < -0.3 is 15.4 Å². The van der Waals surface area contributed by atoms with Gasteiger partial charge in [-0.3, -0.25) is 4.79 Å². The van der Waals surface area contributed by atoms with Gasteiger partial charge in [-0.2, -0.15) is 0 Å². The van der Waals surface area contributed by atoms with Crippen molar-refractivity contribution in [3.05, 3.63) is 28.5 Å². The number of hydrogen-bond acceptors (Lipinski definition) is 3. The first kappa shape index (κ1) is 12.4.